The zero-order valence-electron chi connectivity index (χ0n) is 8.85. The van der Waals surface area contributed by atoms with E-state index in [0.29, 0.717) is 0 Å². The monoisotopic (exact) mass is 185 g/mol. The Morgan fingerprint density at radius 1 is 1.23 bits per heavy atom. The van der Waals surface area contributed by atoms with Gasteiger partial charge in [0, 0.05) is 19.7 Å². The highest BCUT2D eigenvalue weighted by molar-refractivity contribution is 4.68. The zero-order valence-corrected chi connectivity index (χ0v) is 8.85. The summed E-state index contributed by atoms with van der Waals surface area (Å²) in [5.74, 6) is 0. The number of unbranched alkanes of at least 4 members (excludes halogenated alkanes) is 3. The molecular weight excluding hydrogens is 162 g/mol. The van der Waals surface area contributed by atoms with Crippen LogP contribution in [0.5, 0.6) is 0 Å². The summed E-state index contributed by atoms with van der Waals surface area (Å²) in [5, 5.41) is 3.19. The largest absolute Gasteiger partial charge is 0.380 e. The summed E-state index contributed by atoms with van der Waals surface area (Å²) in [6.07, 6.45) is 6.99. The minimum absolute atomic E-state index is 0.819. The lowest BCUT2D eigenvalue weighted by molar-refractivity contribution is 0.132. The molecule has 0 heterocycles. The molecule has 78 valence electrons. The molecule has 13 heavy (non-hydrogen) atoms. The van der Waals surface area contributed by atoms with E-state index in [1.807, 2.05) is 6.08 Å². The predicted molar refractivity (Wildman–Crippen MR) is 58.0 cm³/mol. The Labute approximate surface area is 82.4 Å². The van der Waals surface area contributed by atoms with Gasteiger partial charge in [0.1, 0.15) is 0 Å². The van der Waals surface area contributed by atoms with E-state index in [2.05, 4.69) is 18.8 Å². The number of hydrogen-bond acceptors (Lipinski definition) is 2. The Bertz CT molecular complexity index is 104. The van der Waals surface area contributed by atoms with Gasteiger partial charge in [-0.15, -0.1) is 6.58 Å². The Kier molecular flexibility index (Phi) is 11.4. The Hall–Kier alpha value is -0.340. The van der Waals surface area contributed by atoms with Gasteiger partial charge in [0.05, 0.1) is 6.61 Å². The first-order valence-corrected chi connectivity index (χ1v) is 5.31. The van der Waals surface area contributed by atoms with Gasteiger partial charge in [-0.2, -0.15) is 0 Å². The number of hydrogen-bond donors (Lipinski definition) is 1. The predicted octanol–water partition coefficient (Wildman–Crippen LogP) is 2.36. The Balaban J connectivity index is 2.79. The topological polar surface area (TPSA) is 21.3 Å². The second kappa shape index (κ2) is 11.7. The van der Waals surface area contributed by atoms with Crippen LogP contribution in [0, 0.1) is 0 Å². The average Bonchev–Trinajstić information content (AvgIpc) is 2.16. The van der Waals surface area contributed by atoms with Crippen LogP contribution in [0.4, 0.5) is 0 Å². The lowest BCUT2D eigenvalue weighted by Crippen LogP contribution is -2.19. The third kappa shape index (κ3) is 11.7. The molecule has 0 fully saturated rings. The minimum Gasteiger partial charge on any atom is -0.380 e. The van der Waals surface area contributed by atoms with E-state index in [1.54, 1.807) is 0 Å². The molecule has 0 unspecified atom stereocenters. The molecule has 0 aliphatic heterocycles. The van der Waals surface area contributed by atoms with Gasteiger partial charge in [0.2, 0.25) is 0 Å². The van der Waals surface area contributed by atoms with Crippen LogP contribution in [0.1, 0.15) is 32.6 Å². The number of rotatable bonds is 10. The summed E-state index contributed by atoms with van der Waals surface area (Å²) in [5.41, 5.74) is 0. The Morgan fingerprint density at radius 2 is 2.08 bits per heavy atom. The fourth-order valence-corrected chi connectivity index (χ4v) is 1.08. The lowest BCUT2D eigenvalue weighted by atomic mass is 10.2. The normalized spacial score (nSPS) is 10.2. The number of nitrogens with one attached hydrogen (secondary N) is 1. The van der Waals surface area contributed by atoms with Crippen molar-refractivity contribution in [3.05, 3.63) is 12.7 Å². The van der Waals surface area contributed by atoms with Crippen molar-refractivity contribution in [1.82, 2.24) is 5.32 Å². The summed E-state index contributed by atoms with van der Waals surface area (Å²) < 4.78 is 5.43. The molecule has 0 radical (unpaired) electrons. The second-order valence-electron chi connectivity index (χ2n) is 3.17. The highest BCUT2D eigenvalue weighted by Crippen LogP contribution is 1.98. The molecule has 0 bridgehead atoms. The van der Waals surface area contributed by atoms with Gasteiger partial charge in [0.15, 0.2) is 0 Å². The van der Waals surface area contributed by atoms with Crippen LogP contribution in [0.15, 0.2) is 12.7 Å². The van der Waals surface area contributed by atoms with Crippen LogP contribution >= 0.6 is 0 Å². The van der Waals surface area contributed by atoms with Crippen molar-refractivity contribution in [2.45, 2.75) is 32.6 Å². The number of ether oxygens (including phenoxy) is 1. The second-order valence-corrected chi connectivity index (χ2v) is 3.17. The standard InChI is InChI=1S/C11H23NO/c1-3-5-6-7-10-13-11-9-12-8-4-2/h4,12H,2-3,5-11H2,1H3. The molecule has 0 saturated carbocycles. The maximum atomic E-state index is 5.43. The van der Waals surface area contributed by atoms with Gasteiger partial charge in [0.25, 0.3) is 0 Å². The van der Waals surface area contributed by atoms with Gasteiger partial charge in [-0.05, 0) is 6.42 Å². The molecule has 0 aromatic rings. The fourth-order valence-electron chi connectivity index (χ4n) is 1.08. The first kappa shape index (κ1) is 12.7. The van der Waals surface area contributed by atoms with E-state index in [-0.39, 0.29) is 0 Å². The van der Waals surface area contributed by atoms with Crippen LogP contribution in [0.2, 0.25) is 0 Å². The maximum absolute atomic E-state index is 5.43. The molecule has 2 nitrogen and oxygen atoms in total. The lowest BCUT2D eigenvalue weighted by Gasteiger charge is -2.03. The quantitative estimate of drug-likeness (QED) is 0.417. The summed E-state index contributed by atoms with van der Waals surface area (Å²) >= 11 is 0. The highest BCUT2D eigenvalue weighted by Gasteiger charge is 1.88. The van der Waals surface area contributed by atoms with Gasteiger partial charge in [-0.25, -0.2) is 0 Å². The van der Waals surface area contributed by atoms with Crippen molar-refractivity contribution in [2.24, 2.45) is 0 Å². The van der Waals surface area contributed by atoms with Crippen molar-refractivity contribution in [3.8, 4) is 0 Å². The molecule has 0 aliphatic rings. The molecule has 0 atom stereocenters. The smallest absolute Gasteiger partial charge is 0.0591 e. The molecule has 2 heteroatoms. The summed E-state index contributed by atoms with van der Waals surface area (Å²) in [6.45, 7) is 9.38. The van der Waals surface area contributed by atoms with Gasteiger partial charge < -0.3 is 10.1 Å². The summed E-state index contributed by atoms with van der Waals surface area (Å²) in [7, 11) is 0. The maximum Gasteiger partial charge on any atom is 0.0591 e. The van der Waals surface area contributed by atoms with Crippen LogP contribution in [-0.4, -0.2) is 26.3 Å². The minimum atomic E-state index is 0.819. The molecule has 0 spiro atoms. The zero-order chi connectivity index (χ0) is 9.78. The van der Waals surface area contributed by atoms with Crippen molar-refractivity contribution in [3.63, 3.8) is 0 Å². The summed E-state index contributed by atoms with van der Waals surface area (Å²) in [4.78, 5) is 0. The molecule has 0 rings (SSSR count). The van der Waals surface area contributed by atoms with Crippen LogP contribution in [0.25, 0.3) is 0 Å². The van der Waals surface area contributed by atoms with E-state index in [0.717, 1.165) is 26.3 Å². The molecule has 0 saturated heterocycles. The van der Waals surface area contributed by atoms with Crippen molar-refractivity contribution >= 4 is 0 Å². The molecular formula is C11H23NO. The van der Waals surface area contributed by atoms with E-state index >= 15 is 0 Å². The molecule has 0 aliphatic carbocycles. The van der Waals surface area contributed by atoms with E-state index < -0.39 is 0 Å². The van der Waals surface area contributed by atoms with Crippen LogP contribution < -0.4 is 5.32 Å². The molecule has 1 N–H and O–H groups in total. The third-order valence-electron chi connectivity index (χ3n) is 1.85. The van der Waals surface area contributed by atoms with Gasteiger partial charge >= 0.3 is 0 Å². The summed E-state index contributed by atoms with van der Waals surface area (Å²) in [6, 6.07) is 0. The van der Waals surface area contributed by atoms with Crippen LogP contribution in [0.3, 0.4) is 0 Å². The van der Waals surface area contributed by atoms with E-state index in [4.69, 9.17) is 4.74 Å². The molecule has 0 aromatic heterocycles. The average molecular weight is 185 g/mol. The molecule has 0 aromatic carbocycles. The highest BCUT2D eigenvalue weighted by atomic mass is 16.5. The first-order chi connectivity index (χ1) is 6.41. The van der Waals surface area contributed by atoms with E-state index in [9.17, 15) is 0 Å². The van der Waals surface area contributed by atoms with Crippen molar-refractivity contribution < 1.29 is 4.74 Å². The van der Waals surface area contributed by atoms with E-state index in [1.165, 1.54) is 25.7 Å². The SMILES string of the molecule is C=CCNCCOCCCCCC. The Morgan fingerprint density at radius 3 is 2.77 bits per heavy atom. The first-order valence-electron chi connectivity index (χ1n) is 5.31. The van der Waals surface area contributed by atoms with Crippen molar-refractivity contribution in [1.29, 1.82) is 0 Å². The third-order valence-corrected chi connectivity index (χ3v) is 1.85. The van der Waals surface area contributed by atoms with Crippen LogP contribution in [-0.2, 0) is 4.74 Å². The van der Waals surface area contributed by atoms with Crippen molar-refractivity contribution in [2.75, 3.05) is 26.3 Å². The van der Waals surface area contributed by atoms with Gasteiger partial charge in [-0.3, -0.25) is 0 Å². The fraction of sp³-hybridized carbons (Fsp3) is 0.818. The molecule has 0 amide bonds. The van der Waals surface area contributed by atoms with Gasteiger partial charge in [-0.1, -0.05) is 32.3 Å².